The van der Waals surface area contributed by atoms with Gasteiger partial charge in [0.1, 0.15) is 0 Å². The molecule has 94 valence electrons. The maximum atomic E-state index is 3.69. The van der Waals surface area contributed by atoms with E-state index in [1.165, 1.54) is 19.4 Å². The lowest BCUT2D eigenvalue weighted by atomic mass is 9.72. The first kappa shape index (κ1) is 12.9. The molecule has 4 heteroatoms. The molecular weight excluding hydrogens is 374 g/mol. The van der Waals surface area contributed by atoms with E-state index in [9.17, 15) is 0 Å². The first-order valence-electron chi connectivity index (χ1n) is 5.88. The van der Waals surface area contributed by atoms with Crippen LogP contribution in [-0.2, 0) is 11.8 Å². The molecule has 0 spiro atoms. The zero-order valence-electron chi connectivity index (χ0n) is 9.75. The van der Waals surface area contributed by atoms with Crippen LogP contribution in [0.3, 0.4) is 0 Å². The van der Waals surface area contributed by atoms with Gasteiger partial charge >= 0.3 is 0 Å². The van der Waals surface area contributed by atoms with Crippen LogP contribution in [-0.4, -0.2) is 13.1 Å². The van der Waals surface area contributed by atoms with Gasteiger partial charge in [-0.3, -0.25) is 0 Å². The quantitative estimate of drug-likeness (QED) is 0.826. The summed E-state index contributed by atoms with van der Waals surface area (Å²) in [6.45, 7) is 2.12. The molecule has 0 aliphatic carbocycles. The molecule has 0 radical (unpaired) electrons. The number of hydrogen-bond acceptors (Lipinski definition) is 2. The average Bonchev–Trinajstić information content (AvgIpc) is 2.71. The Morgan fingerprint density at radius 2 is 2.00 bits per heavy atom. The highest BCUT2D eigenvalue weighted by Crippen LogP contribution is 2.38. The van der Waals surface area contributed by atoms with Gasteiger partial charge in [0.2, 0.25) is 0 Å². The van der Waals surface area contributed by atoms with E-state index in [-0.39, 0.29) is 5.41 Å². The van der Waals surface area contributed by atoms with Crippen molar-refractivity contribution >= 4 is 43.2 Å². The molecule has 0 bridgehead atoms. The van der Waals surface area contributed by atoms with E-state index >= 15 is 0 Å². The summed E-state index contributed by atoms with van der Waals surface area (Å²) in [5, 5.41) is 5.59. The molecule has 0 amide bonds. The average molecular weight is 387 g/mol. The van der Waals surface area contributed by atoms with Crippen molar-refractivity contribution in [2.24, 2.45) is 0 Å². The summed E-state index contributed by atoms with van der Waals surface area (Å²) in [5.41, 5.74) is 1.68. The topological polar surface area (TPSA) is 12.0 Å². The van der Waals surface area contributed by atoms with Gasteiger partial charge in [0.15, 0.2) is 0 Å². The fourth-order valence-electron chi connectivity index (χ4n) is 2.51. The van der Waals surface area contributed by atoms with Gasteiger partial charge in [0.25, 0.3) is 0 Å². The van der Waals surface area contributed by atoms with Crippen LogP contribution in [0, 0.1) is 0 Å². The predicted molar refractivity (Wildman–Crippen MR) is 84.4 cm³/mol. The molecule has 2 heterocycles. The molecule has 1 aromatic carbocycles. The van der Waals surface area contributed by atoms with Crippen molar-refractivity contribution < 1.29 is 0 Å². The minimum Gasteiger partial charge on any atom is -0.315 e. The van der Waals surface area contributed by atoms with Crippen LogP contribution in [0.1, 0.15) is 10.4 Å². The molecule has 2 aromatic rings. The third-order valence-corrected chi connectivity index (χ3v) is 5.90. The lowest BCUT2D eigenvalue weighted by Gasteiger charge is -2.43. The Morgan fingerprint density at radius 3 is 2.56 bits per heavy atom. The standard InChI is InChI=1S/C14H13Br2NS/c15-10-5-11(18-7-10)6-14(8-17-9-14)12-3-1-2-4-13(12)16/h1-5,7,17H,6,8-9H2. The molecule has 1 saturated heterocycles. The zero-order chi connectivity index (χ0) is 12.6. The van der Waals surface area contributed by atoms with Crippen molar-refractivity contribution in [2.45, 2.75) is 11.8 Å². The van der Waals surface area contributed by atoms with Gasteiger partial charge in [0, 0.05) is 37.7 Å². The Balaban J connectivity index is 1.93. The van der Waals surface area contributed by atoms with Crippen LogP contribution in [0.25, 0.3) is 0 Å². The second-order valence-electron chi connectivity index (χ2n) is 4.77. The third-order valence-electron chi connectivity index (χ3n) is 3.51. The number of thiophene rings is 1. The highest BCUT2D eigenvalue weighted by atomic mass is 79.9. The lowest BCUT2D eigenvalue weighted by Crippen LogP contribution is -2.58. The van der Waals surface area contributed by atoms with Gasteiger partial charge in [0.05, 0.1) is 0 Å². The molecule has 3 rings (SSSR count). The van der Waals surface area contributed by atoms with Crippen molar-refractivity contribution in [3.8, 4) is 0 Å². The van der Waals surface area contributed by atoms with E-state index in [1.807, 2.05) is 11.3 Å². The van der Waals surface area contributed by atoms with Gasteiger partial charge in [-0.25, -0.2) is 0 Å². The summed E-state index contributed by atoms with van der Waals surface area (Å²) in [4.78, 5) is 1.44. The normalized spacial score (nSPS) is 17.4. The van der Waals surface area contributed by atoms with E-state index in [0.717, 1.165) is 19.5 Å². The van der Waals surface area contributed by atoms with Gasteiger partial charge in [-0.05, 0) is 40.0 Å². The molecule has 1 nitrogen and oxygen atoms in total. The molecule has 1 fully saturated rings. The summed E-state index contributed by atoms with van der Waals surface area (Å²) >= 11 is 9.06. The van der Waals surface area contributed by atoms with Crippen LogP contribution in [0.15, 0.2) is 44.7 Å². The molecular formula is C14H13Br2NS. The Kier molecular flexibility index (Phi) is 3.63. The van der Waals surface area contributed by atoms with Crippen LogP contribution in [0.4, 0.5) is 0 Å². The van der Waals surface area contributed by atoms with Crippen molar-refractivity contribution in [1.82, 2.24) is 5.32 Å². The van der Waals surface area contributed by atoms with Gasteiger partial charge < -0.3 is 5.32 Å². The molecule has 1 aliphatic rings. The largest absolute Gasteiger partial charge is 0.315 e. The summed E-state index contributed by atoms with van der Waals surface area (Å²) in [7, 11) is 0. The van der Waals surface area contributed by atoms with Gasteiger partial charge in [-0.15, -0.1) is 11.3 Å². The van der Waals surface area contributed by atoms with E-state index in [2.05, 4.69) is 72.9 Å². The summed E-state index contributed by atoms with van der Waals surface area (Å²) in [6.07, 6.45) is 1.11. The lowest BCUT2D eigenvalue weighted by molar-refractivity contribution is 0.275. The SMILES string of the molecule is Brc1csc(CC2(c3ccccc3Br)CNC2)c1. The molecule has 1 aliphatic heterocycles. The first-order chi connectivity index (χ1) is 8.70. The number of benzene rings is 1. The predicted octanol–water partition coefficient (Wildman–Crippen LogP) is 4.36. The minimum atomic E-state index is 0.254. The molecule has 0 atom stereocenters. The Morgan fingerprint density at radius 1 is 1.22 bits per heavy atom. The maximum Gasteiger partial charge on any atom is 0.0285 e. The Hall–Kier alpha value is -0.160. The fourth-order valence-corrected chi connectivity index (χ4v) is 4.81. The van der Waals surface area contributed by atoms with Crippen molar-refractivity contribution in [2.75, 3.05) is 13.1 Å². The van der Waals surface area contributed by atoms with Crippen LogP contribution in [0.2, 0.25) is 0 Å². The van der Waals surface area contributed by atoms with Gasteiger partial charge in [-0.2, -0.15) is 0 Å². The monoisotopic (exact) mass is 385 g/mol. The smallest absolute Gasteiger partial charge is 0.0285 e. The van der Waals surface area contributed by atoms with E-state index < -0.39 is 0 Å². The number of hydrogen-bond donors (Lipinski definition) is 1. The number of halogens is 2. The van der Waals surface area contributed by atoms with Crippen molar-refractivity contribution in [3.05, 3.63) is 55.1 Å². The van der Waals surface area contributed by atoms with E-state index in [1.54, 1.807) is 0 Å². The number of nitrogens with one attached hydrogen (secondary N) is 1. The maximum absolute atomic E-state index is 3.69. The summed E-state index contributed by atoms with van der Waals surface area (Å²) in [5.74, 6) is 0. The molecule has 1 aromatic heterocycles. The Bertz CT molecular complexity index is 560. The second kappa shape index (κ2) is 5.08. The summed E-state index contributed by atoms with van der Waals surface area (Å²) in [6, 6.07) is 10.8. The van der Waals surface area contributed by atoms with Gasteiger partial charge in [-0.1, -0.05) is 34.1 Å². The molecule has 0 unspecified atom stereocenters. The van der Waals surface area contributed by atoms with E-state index in [4.69, 9.17) is 0 Å². The number of rotatable bonds is 3. The van der Waals surface area contributed by atoms with Crippen molar-refractivity contribution in [3.63, 3.8) is 0 Å². The zero-order valence-corrected chi connectivity index (χ0v) is 13.7. The molecule has 1 N–H and O–H groups in total. The second-order valence-corrected chi connectivity index (χ2v) is 7.54. The third kappa shape index (κ3) is 2.31. The van der Waals surface area contributed by atoms with Crippen LogP contribution < -0.4 is 5.32 Å². The summed E-state index contributed by atoms with van der Waals surface area (Å²) < 4.78 is 2.42. The minimum absolute atomic E-state index is 0.254. The van der Waals surface area contributed by atoms with E-state index in [0.29, 0.717) is 0 Å². The molecule has 18 heavy (non-hydrogen) atoms. The van der Waals surface area contributed by atoms with Crippen LogP contribution in [0.5, 0.6) is 0 Å². The first-order valence-corrected chi connectivity index (χ1v) is 8.35. The Labute approximate surface area is 128 Å². The fraction of sp³-hybridized carbons (Fsp3) is 0.286. The highest BCUT2D eigenvalue weighted by molar-refractivity contribution is 9.10. The molecule has 0 saturated carbocycles. The van der Waals surface area contributed by atoms with Crippen LogP contribution >= 0.6 is 43.2 Å². The van der Waals surface area contributed by atoms with Crippen molar-refractivity contribution in [1.29, 1.82) is 0 Å². The highest BCUT2D eigenvalue weighted by Gasteiger charge is 2.40.